The molecule has 0 spiro atoms. The lowest BCUT2D eigenvalue weighted by Gasteiger charge is -2.15. The molecule has 1 aromatic heterocycles. The third kappa shape index (κ3) is 6.92. The predicted octanol–water partition coefficient (Wildman–Crippen LogP) is 0.298. The highest BCUT2D eigenvalue weighted by Crippen LogP contribution is 2.14. The maximum atomic E-state index is 12.7. The molecule has 0 aliphatic carbocycles. The third-order valence-corrected chi connectivity index (χ3v) is 4.21. The summed E-state index contributed by atoms with van der Waals surface area (Å²) < 4.78 is 1.37. The number of anilines is 1. The van der Waals surface area contributed by atoms with E-state index < -0.39 is 0 Å². The molecule has 2 rings (SSSR count). The number of aryl methyl sites for hydroxylation is 1. The van der Waals surface area contributed by atoms with Gasteiger partial charge in [0.2, 0.25) is 11.9 Å². The minimum Gasteiger partial charge on any atom is -0.368 e. The molecule has 0 fully saturated rings. The molecule has 2 aromatic rings. The Morgan fingerprint density at radius 1 is 1.34 bits per heavy atom. The molecule has 0 saturated heterocycles. The molecule has 1 unspecified atom stereocenters. The van der Waals surface area contributed by atoms with Gasteiger partial charge in [-0.15, -0.1) is 0 Å². The highest BCUT2D eigenvalue weighted by Gasteiger charge is 2.13. The van der Waals surface area contributed by atoms with Crippen molar-refractivity contribution in [1.82, 2.24) is 20.3 Å². The van der Waals surface area contributed by atoms with Gasteiger partial charge in [0.05, 0.1) is 6.61 Å². The third-order valence-electron chi connectivity index (χ3n) is 4.21. The van der Waals surface area contributed by atoms with Crippen molar-refractivity contribution in [3.05, 3.63) is 58.1 Å². The van der Waals surface area contributed by atoms with Crippen LogP contribution in [0.1, 0.15) is 24.1 Å². The molecule has 10 nitrogen and oxygen atoms in total. The molecule has 1 amide bonds. The Morgan fingerprint density at radius 2 is 2.07 bits per heavy atom. The standard InChI is InChI=1S/C19H27N7O3/c1-13(15-6-4-3-5-7-15)10-23-17-18(28)26(14(2)11-24-17)12-16(27)22-8-9-29-25-19(20)21/h3-7,11,13H,8-10,12H2,1-2H3,(H,22,27)(H,23,24)(H4,20,21,25). The molecule has 1 heterocycles. The molecule has 29 heavy (non-hydrogen) atoms. The highest BCUT2D eigenvalue weighted by molar-refractivity contribution is 5.75. The largest absolute Gasteiger partial charge is 0.368 e. The van der Waals surface area contributed by atoms with Crippen molar-refractivity contribution < 1.29 is 9.63 Å². The Morgan fingerprint density at radius 3 is 2.76 bits per heavy atom. The lowest BCUT2D eigenvalue weighted by Crippen LogP contribution is -2.37. The number of rotatable bonds is 10. The number of hydrogen-bond donors (Lipinski definition) is 5. The molecule has 0 radical (unpaired) electrons. The molecule has 10 heteroatoms. The first-order chi connectivity index (χ1) is 13.9. The molecule has 0 saturated carbocycles. The van der Waals surface area contributed by atoms with E-state index in [1.165, 1.54) is 4.57 Å². The first-order valence-corrected chi connectivity index (χ1v) is 9.22. The van der Waals surface area contributed by atoms with Crippen molar-refractivity contribution in [3.63, 3.8) is 0 Å². The molecule has 0 bridgehead atoms. The number of amides is 1. The molecule has 6 N–H and O–H groups in total. The number of nitrogens with two attached hydrogens (primary N) is 1. The van der Waals surface area contributed by atoms with Gasteiger partial charge in [-0.1, -0.05) is 37.3 Å². The van der Waals surface area contributed by atoms with E-state index in [2.05, 4.69) is 28.0 Å². The van der Waals surface area contributed by atoms with Crippen LogP contribution >= 0.6 is 0 Å². The molecular formula is C19H27N7O3. The average Bonchev–Trinajstić information content (AvgIpc) is 2.70. The van der Waals surface area contributed by atoms with Gasteiger partial charge >= 0.3 is 0 Å². The van der Waals surface area contributed by atoms with E-state index in [0.717, 1.165) is 5.56 Å². The van der Waals surface area contributed by atoms with Crippen molar-refractivity contribution in [2.75, 3.05) is 25.0 Å². The first kappa shape index (κ1) is 21.9. The summed E-state index contributed by atoms with van der Waals surface area (Å²) in [5.74, 6) is -0.257. The van der Waals surface area contributed by atoms with Crippen LogP contribution in [-0.4, -0.2) is 41.1 Å². The van der Waals surface area contributed by atoms with Gasteiger partial charge < -0.3 is 16.4 Å². The fourth-order valence-corrected chi connectivity index (χ4v) is 2.61. The van der Waals surface area contributed by atoms with Crippen LogP contribution in [0.25, 0.3) is 0 Å². The predicted molar refractivity (Wildman–Crippen MR) is 111 cm³/mol. The van der Waals surface area contributed by atoms with Crippen molar-refractivity contribution in [3.8, 4) is 0 Å². The summed E-state index contributed by atoms with van der Waals surface area (Å²) in [5.41, 5.74) is 8.63. The van der Waals surface area contributed by atoms with Gasteiger partial charge in [-0.3, -0.25) is 24.4 Å². The fraction of sp³-hybridized carbons (Fsp3) is 0.368. The molecule has 1 aromatic carbocycles. The Labute approximate surface area is 168 Å². The monoisotopic (exact) mass is 401 g/mol. The molecule has 0 aliphatic heterocycles. The maximum Gasteiger partial charge on any atom is 0.293 e. The van der Waals surface area contributed by atoms with Gasteiger partial charge in [0.15, 0.2) is 5.82 Å². The lowest BCUT2D eigenvalue weighted by atomic mass is 10.0. The Balaban J connectivity index is 1.93. The second-order valence-corrected chi connectivity index (χ2v) is 6.55. The number of hydroxylamine groups is 1. The van der Waals surface area contributed by atoms with Crippen LogP contribution in [-0.2, 0) is 16.2 Å². The van der Waals surface area contributed by atoms with Gasteiger partial charge in [-0.25, -0.2) is 10.5 Å². The van der Waals surface area contributed by atoms with Crippen LogP contribution in [0.3, 0.4) is 0 Å². The van der Waals surface area contributed by atoms with E-state index in [-0.39, 0.29) is 48.9 Å². The first-order valence-electron chi connectivity index (χ1n) is 9.22. The Kier molecular flexibility index (Phi) is 8.16. The number of carbonyl (C=O) groups excluding carboxylic acids is 1. The van der Waals surface area contributed by atoms with Gasteiger partial charge in [0, 0.05) is 25.0 Å². The van der Waals surface area contributed by atoms with E-state index in [4.69, 9.17) is 16.0 Å². The second-order valence-electron chi connectivity index (χ2n) is 6.55. The maximum absolute atomic E-state index is 12.7. The zero-order valence-corrected chi connectivity index (χ0v) is 16.6. The summed E-state index contributed by atoms with van der Waals surface area (Å²) in [4.78, 5) is 33.9. The van der Waals surface area contributed by atoms with Crippen LogP contribution in [0, 0.1) is 12.3 Å². The van der Waals surface area contributed by atoms with E-state index >= 15 is 0 Å². The van der Waals surface area contributed by atoms with Gasteiger partial charge in [0.25, 0.3) is 5.56 Å². The van der Waals surface area contributed by atoms with Crippen molar-refractivity contribution >= 4 is 17.7 Å². The zero-order chi connectivity index (χ0) is 21.2. The molecule has 156 valence electrons. The van der Waals surface area contributed by atoms with E-state index in [0.29, 0.717) is 12.2 Å². The molecular weight excluding hydrogens is 374 g/mol. The zero-order valence-electron chi connectivity index (χ0n) is 16.6. The summed E-state index contributed by atoms with van der Waals surface area (Å²) in [6, 6.07) is 9.98. The normalized spacial score (nSPS) is 11.5. The summed E-state index contributed by atoms with van der Waals surface area (Å²) in [5, 5.41) is 12.7. The summed E-state index contributed by atoms with van der Waals surface area (Å²) >= 11 is 0. The van der Waals surface area contributed by atoms with E-state index in [1.807, 2.05) is 30.3 Å². The Bertz CT molecular complexity index is 883. The lowest BCUT2D eigenvalue weighted by molar-refractivity contribution is -0.122. The number of carbonyl (C=O) groups is 1. The number of benzene rings is 1. The van der Waals surface area contributed by atoms with Crippen molar-refractivity contribution in [2.45, 2.75) is 26.3 Å². The number of nitrogens with zero attached hydrogens (tertiary/aromatic N) is 2. The van der Waals surface area contributed by atoms with Crippen molar-refractivity contribution in [2.24, 2.45) is 5.73 Å². The van der Waals surface area contributed by atoms with Crippen LogP contribution in [0.2, 0.25) is 0 Å². The van der Waals surface area contributed by atoms with E-state index in [1.54, 1.807) is 13.1 Å². The number of aromatic nitrogens is 2. The number of guanidine groups is 1. The summed E-state index contributed by atoms with van der Waals surface area (Å²) in [6.45, 7) is 4.53. The SMILES string of the molecule is Cc1cnc(NCC(C)c2ccccc2)c(=O)n1CC(=O)NCCONC(=N)N. The smallest absolute Gasteiger partial charge is 0.293 e. The highest BCUT2D eigenvalue weighted by atomic mass is 16.6. The molecule has 0 aliphatic rings. The minimum absolute atomic E-state index is 0.125. The van der Waals surface area contributed by atoms with Crippen LogP contribution < -0.4 is 27.4 Å². The van der Waals surface area contributed by atoms with E-state index in [9.17, 15) is 9.59 Å². The molecule has 1 atom stereocenters. The quantitative estimate of drug-likeness (QED) is 0.166. The fourth-order valence-electron chi connectivity index (χ4n) is 2.61. The van der Waals surface area contributed by atoms with Crippen molar-refractivity contribution in [1.29, 1.82) is 5.41 Å². The average molecular weight is 401 g/mol. The minimum atomic E-state index is -0.352. The number of hydrogen-bond acceptors (Lipinski definition) is 6. The summed E-state index contributed by atoms with van der Waals surface area (Å²) in [7, 11) is 0. The van der Waals surface area contributed by atoms with Gasteiger partial charge in [-0.2, -0.15) is 0 Å². The Hall–Kier alpha value is -3.40. The van der Waals surface area contributed by atoms with Crippen LogP contribution in [0.5, 0.6) is 0 Å². The van der Waals surface area contributed by atoms with Gasteiger partial charge in [-0.05, 0) is 18.4 Å². The summed E-state index contributed by atoms with van der Waals surface area (Å²) in [6.07, 6.45) is 1.56. The second kappa shape index (κ2) is 10.8. The number of nitrogens with one attached hydrogen (secondary N) is 4. The van der Waals surface area contributed by atoms with Crippen LogP contribution in [0.4, 0.5) is 5.82 Å². The topological polar surface area (TPSA) is 147 Å². The van der Waals surface area contributed by atoms with Gasteiger partial charge in [0.1, 0.15) is 6.54 Å². The van der Waals surface area contributed by atoms with Crippen LogP contribution in [0.15, 0.2) is 41.3 Å².